The van der Waals surface area contributed by atoms with Crippen LogP contribution in [0.4, 0.5) is 0 Å². The zero-order chi connectivity index (χ0) is 12.0. The summed E-state index contributed by atoms with van der Waals surface area (Å²) in [7, 11) is 1.63. The van der Waals surface area contributed by atoms with Crippen molar-refractivity contribution < 1.29 is 9.53 Å². The highest BCUT2D eigenvalue weighted by molar-refractivity contribution is 5.82. The smallest absolute Gasteiger partial charge is 0.237 e. The Balaban J connectivity index is 4.22. The Morgan fingerprint density at radius 1 is 1.27 bits per heavy atom. The van der Waals surface area contributed by atoms with Gasteiger partial charge >= 0.3 is 0 Å². The second kappa shape index (κ2) is 6.80. The number of carbonyl (C=O) groups is 1. The molecule has 0 aromatic rings. The second-order valence-electron chi connectivity index (χ2n) is 4.58. The minimum Gasteiger partial charge on any atom is -0.383 e. The van der Waals surface area contributed by atoms with Crippen LogP contribution in [0.3, 0.4) is 0 Å². The van der Waals surface area contributed by atoms with E-state index < -0.39 is 6.04 Å². The van der Waals surface area contributed by atoms with Gasteiger partial charge in [-0.2, -0.15) is 0 Å². The summed E-state index contributed by atoms with van der Waals surface area (Å²) in [6.07, 6.45) is 0. The molecule has 1 amide bonds. The molecule has 1 unspecified atom stereocenters. The summed E-state index contributed by atoms with van der Waals surface area (Å²) in [5, 5.41) is 2.91. The third-order valence-corrected chi connectivity index (χ3v) is 2.50. The van der Waals surface area contributed by atoms with E-state index in [1.165, 1.54) is 0 Å². The maximum Gasteiger partial charge on any atom is 0.237 e. The number of nitrogens with one attached hydrogen (secondary N) is 1. The van der Waals surface area contributed by atoms with Crippen LogP contribution in [0.15, 0.2) is 0 Å². The van der Waals surface area contributed by atoms with E-state index in [1.807, 2.05) is 27.7 Å². The van der Waals surface area contributed by atoms with Crippen molar-refractivity contribution in [2.24, 2.45) is 17.6 Å². The highest BCUT2D eigenvalue weighted by atomic mass is 16.5. The van der Waals surface area contributed by atoms with E-state index in [-0.39, 0.29) is 17.9 Å². The number of hydrogen-bond acceptors (Lipinski definition) is 3. The third kappa shape index (κ3) is 5.14. The highest BCUT2D eigenvalue weighted by Gasteiger charge is 2.22. The van der Waals surface area contributed by atoms with Gasteiger partial charge in [-0.05, 0) is 11.8 Å². The molecule has 90 valence electrons. The van der Waals surface area contributed by atoms with E-state index in [9.17, 15) is 4.79 Å². The fraction of sp³-hybridized carbons (Fsp3) is 0.909. The Morgan fingerprint density at radius 3 is 2.13 bits per heavy atom. The van der Waals surface area contributed by atoms with Gasteiger partial charge in [0.2, 0.25) is 5.91 Å². The first kappa shape index (κ1) is 14.4. The van der Waals surface area contributed by atoms with Gasteiger partial charge in [-0.1, -0.05) is 27.7 Å². The highest BCUT2D eigenvalue weighted by Crippen LogP contribution is 2.04. The standard InChI is InChI=1S/C11H24N2O2/c1-7(2)9(6-15-5)13-11(14)10(12)8(3)4/h7-10H,6,12H2,1-5H3,(H,13,14)/t9?,10-/m0/s1. The lowest BCUT2D eigenvalue weighted by Gasteiger charge is -2.24. The molecule has 0 bridgehead atoms. The Morgan fingerprint density at radius 2 is 1.80 bits per heavy atom. The molecule has 0 aliphatic heterocycles. The van der Waals surface area contributed by atoms with Crippen molar-refractivity contribution in [3.05, 3.63) is 0 Å². The van der Waals surface area contributed by atoms with Crippen LogP contribution in [0.5, 0.6) is 0 Å². The van der Waals surface area contributed by atoms with Crippen LogP contribution in [-0.2, 0) is 9.53 Å². The lowest BCUT2D eigenvalue weighted by atomic mass is 10.0. The molecule has 15 heavy (non-hydrogen) atoms. The van der Waals surface area contributed by atoms with Gasteiger partial charge in [0.15, 0.2) is 0 Å². The van der Waals surface area contributed by atoms with Crippen molar-refractivity contribution in [3.8, 4) is 0 Å². The lowest BCUT2D eigenvalue weighted by Crippen LogP contribution is -2.50. The number of methoxy groups -OCH3 is 1. The average molecular weight is 216 g/mol. The number of rotatable bonds is 6. The Bertz CT molecular complexity index is 193. The minimum atomic E-state index is -0.442. The molecule has 0 aliphatic rings. The molecule has 4 heteroatoms. The minimum absolute atomic E-state index is 0.0345. The largest absolute Gasteiger partial charge is 0.383 e. The molecule has 0 spiro atoms. The van der Waals surface area contributed by atoms with Crippen molar-refractivity contribution in [3.63, 3.8) is 0 Å². The predicted molar refractivity (Wildman–Crippen MR) is 61.5 cm³/mol. The number of carbonyl (C=O) groups excluding carboxylic acids is 1. The quantitative estimate of drug-likeness (QED) is 0.689. The van der Waals surface area contributed by atoms with Crippen LogP contribution in [0.2, 0.25) is 0 Å². The Hall–Kier alpha value is -0.610. The average Bonchev–Trinajstić information content (AvgIpc) is 2.15. The Labute approximate surface area is 92.6 Å². The Kier molecular flexibility index (Phi) is 6.52. The summed E-state index contributed by atoms with van der Waals surface area (Å²) in [5.41, 5.74) is 5.75. The summed E-state index contributed by atoms with van der Waals surface area (Å²) in [4.78, 5) is 11.7. The van der Waals surface area contributed by atoms with Crippen LogP contribution >= 0.6 is 0 Å². The molecule has 0 aliphatic carbocycles. The monoisotopic (exact) mass is 216 g/mol. The number of amides is 1. The third-order valence-electron chi connectivity index (χ3n) is 2.50. The molecule has 0 aromatic heterocycles. The van der Waals surface area contributed by atoms with Crippen molar-refractivity contribution in [1.82, 2.24) is 5.32 Å². The normalized spacial score (nSPS) is 15.5. The SMILES string of the molecule is COCC(NC(=O)[C@@H](N)C(C)C)C(C)C. The molecule has 4 nitrogen and oxygen atoms in total. The summed E-state index contributed by atoms with van der Waals surface area (Å²) < 4.78 is 5.05. The molecule has 0 saturated carbocycles. The van der Waals surface area contributed by atoms with Crippen LogP contribution in [0.1, 0.15) is 27.7 Å². The van der Waals surface area contributed by atoms with E-state index in [1.54, 1.807) is 7.11 Å². The fourth-order valence-electron chi connectivity index (χ4n) is 1.16. The lowest BCUT2D eigenvalue weighted by molar-refractivity contribution is -0.124. The van der Waals surface area contributed by atoms with Crippen LogP contribution in [0, 0.1) is 11.8 Å². The zero-order valence-corrected chi connectivity index (χ0v) is 10.4. The van der Waals surface area contributed by atoms with E-state index in [2.05, 4.69) is 5.32 Å². The maximum atomic E-state index is 11.7. The molecule has 0 heterocycles. The summed E-state index contributed by atoms with van der Waals surface area (Å²) in [5.74, 6) is 0.398. The molecule has 3 N–H and O–H groups in total. The molecule has 0 rings (SSSR count). The van der Waals surface area contributed by atoms with Gasteiger partial charge in [-0.25, -0.2) is 0 Å². The van der Waals surface area contributed by atoms with Crippen molar-refractivity contribution in [1.29, 1.82) is 0 Å². The van der Waals surface area contributed by atoms with Gasteiger partial charge in [-0.15, -0.1) is 0 Å². The molecule has 0 saturated heterocycles. The first-order valence-electron chi connectivity index (χ1n) is 5.45. The molecule has 0 radical (unpaired) electrons. The van der Waals surface area contributed by atoms with Gasteiger partial charge in [0, 0.05) is 7.11 Å². The molecular formula is C11H24N2O2. The van der Waals surface area contributed by atoms with Crippen LogP contribution in [0.25, 0.3) is 0 Å². The van der Waals surface area contributed by atoms with Gasteiger partial charge in [0.1, 0.15) is 0 Å². The van der Waals surface area contributed by atoms with Crippen LogP contribution < -0.4 is 11.1 Å². The molecule has 0 aromatic carbocycles. The topological polar surface area (TPSA) is 64.3 Å². The number of ether oxygens (including phenoxy) is 1. The number of hydrogen-bond donors (Lipinski definition) is 2. The van der Waals surface area contributed by atoms with Gasteiger partial charge in [0.05, 0.1) is 18.7 Å². The summed E-state index contributed by atoms with van der Waals surface area (Å²) >= 11 is 0. The predicted octanol–water partition coefficient (Wildman–Crippen LogP) is 0.757. The molecular weight excluding hydrogens is 192 g/mol. The molecule has 0 fully saturated rings. The summed E-state index contributed by atoms with van der Waals surface area (Å²) in [6.45, 7) is 8.49. The van der Waals surface area contributed by atoms with E-state index in [4.69, 9.17) is 10.5 Å². The zero-order valence-electron chi connectivity index (χ0n) is 10.4. The van der Waals surface area contributed by atoms with Gasteiger partial charge in [-0.3, -0.25) is 4.79 Å². The van der Waals surface area contributed by atoms with Crippen molar-refractivity contribution >= 4 is 5.91 Å². The van der Waals surface area contributed by atoms with Crippen LogP contribution in [-0.4, -0.2) is 31.7 Å². The second-order valence-corrected chi connectivity index (χ2v) is 4.58. The van der Waals surface area contributed by atoms with Gasteiger partial charge < -0.3 is 15.8 Å². The number of nitrogens with two attached hydrogens (primary N) is 1. The summed E-state index contributed by atoms with van der Waals surface area (Å²) in [6, 6.07) is -0.407. The van der Waals surface area contributed by atoms with E-state index in [0.717, 1.165) is 0 Å². The first-order chi connectivity index (χ1) is 6.90. The van der Waals surface area contributed by atoms with Crippen molar-refractivity contribution in [2.45, 2.75) is 39.8 Å². The van der Waals surface area contributed by atoms with E-state index in [0.29, 0.717) is 12.5 Å². The first-order valence-corrected chi connectivity index (χ1v) is 5.45. The van der Waals surface area contributed by atoms with Crippen molar-refractivity contribution in [2.75, 3.05) is 13.7 Å². The maximum absolute atomic E-state index is 11.7. The van der Waals surface area contributed by atoms with E-state index >= 15 is 0 Å². The molecule has 2 atom stereocenters. The van der Waals surface area contributed by atoms with Gasteiger partial charge in [0.25, 0.3) is 0 Å². The fourth-order valence-corrected chi connectivity index (χ4v) is 1.16.